The number of halogens is 1. The van der Waals surface area contributed by atoms with Crippen molar-refractivity contribution in [3.8, 4) is 0 Å². The summed E-state index contributed by atoms with van der Waals surface area (Å²) >= 11 is 6.11. The van der Waals surface area contributed by atoms with Crippen LogP contribution in [0.5, 0.6) is 0 Å². The number of rotatable bonds is 4. The molecule has 0 unspecified atom stereocenters. The van der Waals surface area contributed by atoms with Gasteiger partial charge in [0.2, 0.25) is 0 Å². The van der Waals surface area contributed by atoms with Crippen LogP contribution >= 0.6 is 11.6 Å². The lowest BCUT2D eigenvalue weighted by Crippen LogP contribution is -2.41. The van der Waals surface area contributed by atoms with Gasteiger partial charge < -0.3 is 9.64 Å². The van der Waals surface area contributed by atoms with E-state index < -0.39 is 6.09 Å². The number of nitrogens with one attached hydrogen (secondary N) is 1. The lowest BCUT2D eigenvalue weighted by molar-refractivity contribution is 0.0468. The summed E-state index contributed by atoms with van der Waals surface area (Å²) in [5.74, 6) is 0.360. The molecule has 2 amide bonds. The Balaban J connectivity index is 1.48. The fourth-order valence-electron chi connectivity index (χ4n) is 3.23. The maximum atomic E-state index is 12.6. The molecule has 0 aromatic heterocycles. The molecule has 5 nitrogen and oxygen atoms in total. The third-order valence-corrected chi connectivity index (χ3v) is 5.26. The van der Waals surface area contributed by atoms with Crippen molar-refractivity contribution in [3.63, 3.8) is 0 Å². The van der Waals surface area contributed by atoms with E-state index in [1.165, 1.54) is 5.56 Å². The molecular weight excluding hydrogens is 376 g/mol. The van der Waals surface area contributed by atoms with Crippen molar-refractivity contribution in [2.45, 2.75) is 38.7 Å². The molecule has 1 saturated heterocycles. The number of hydrogen-bond acceptors (Lipinski definition) is 3. The van der Waals surface area contributed by atoms with Crippen LogP contribution in [0.2, 0.25) is 5.02 Å². The van der Waals surface area contributed by atoms with Crippen molar-refractivity contribution in [1.29, 1.82) is 0 Å². The van der Waals surface area contributed by atoms with Gasteiger partial charge in [-0.2, -0.15) is 0 Å². The van der Waals surface area contributed by atoms with E-state index >= 15 is 0 Å². The van der Waals surface area contributed by atoms with Gasteiger partial charge in [0.05, 0.1) is 10.6 Å². The molecule has 2 aromatic rings. The molecule has 1 N–H and O–H groups in total. The van der Waals surface area contributed by atoms with Gasteiger partial charge in [-0.25, -0.2) is 4.79 Å². The van der Waals surface area contributed by atoms with Crippen LogP contribution in [0.4, 0.5) is 10.5 Å². The van der Waals surface area contributed by atoms with Crippen LogP contribution in [0, 0.1) is 0 Å². The molecule has 1 fully saturated rings. The highest BCUT2D eigenvalue weighted by Crippen LogP contribution is 2.22. The van der Waals surface area contributed by atoms with Gasteiger partial charge in [0, 0.05) is 31.6 Å². The minimum atomic E-state index is -0.465. The smallest absolute Gasteiger partial charge is 0.411 e. The molecule has 1 heterocycles. The zero-order chi connectivity index (χ0) is 20.1. The molecule has 1 aliphatic heterocycles. The lowest BCUT2D eigenvalue weighted by atomic mass is 10.0. The molecule has 6 heteroatoms. The average Bonchev–Trinajstić information content (AvgIpc) is 2.69. The quantitative estimate of drug-likeness (QED) is 0.755. The van der Waals surface area contributed by atoms with E-state index in [4.69, 9.17) is 16.3 Å². The van der Waals surface area contributed by atoms with E-state index in [0.29, 0.717) is 48.1 Å². The van der Waals surface area contributed by atoms with Gasteiger partial charge >= 0.3 is 6.09 Å². The molecule has 0 radical (unpaired) electrons. The Kier molecular flexibility index (Phi) is 6.57. The molecule has 148 valence electrons. The Hall–Kier alpha value is -2.53. The number of likely N-dealkylation sites (tertiary alicyclic amines) is 1. The summed E-state index contributed by atoms with van der Waals surface area (Å²) < 4.78 is 5.52. The molecule has 0 saturated carbocycles. The van der Waals surface area contributed by atoms with E-state index in [2.05, 4.69) is 19.2 Å². The topological polar surface area (TPSA) is 58.6 Å². The second kappa shape index (κ2) is 9.11. The SMILES string of the molecule is CC(C)c1ccc(NC(=O)OC2CCN(C(=O)c3ccccc3Cl)CC2)cc1. The van der Waals surface area contributed by atoms with Crippen LogP contribution in [-0.4, -0.2) is 36.1 Å². The number of benzene rings is 2. The third-order valence-electron chi connectivity index (χ3n) is 4.93. The van der Waals surface area contributed by atoms with Gasteiger partial charge in [0.15, 0.2) is 0 Å². The van der Waals surface area contributed by atoms with Gasteiger partial charge in [0.25, 0.3) is 5.91 Å². The number of nitrogens with zero attached hydrogens (tertiary/aromatic N) is 1. The number of carbonyl (C=O) groups is 2. The summed E-state index contributed by atoms with van der Waals surface area (Å²) in [6.45, 7) is 5.31. The van der Waals surface area contributed by atoms with Crippen molar-refractivity contribution in [2.24, 2.45) is 0 Å². The minimum absolute atomic E-state index is 0.0845. The average molecular weight is 401 g/mol. The summed E-state index contributed by atoms with van der Waals surface area (Å²) in [5.41, 5.74) is 2.43. The van der Waals surface area contributed by atoms with Gasteiger partial charge in [0.1, 0.15) is 6.10 Å². The number of carbonyl (C=O) groups excluding carboxylic acids is 2. The first-order valence-corrected chi connectivity index (χ1v) is 9.93. The van der Waals surface area contributed by atoms with Crippen molar-refractivity contribution < 1.29 is 14.3 Å². The first-order chi connectivity index (χ1) is 13.4. The molecule has 0 spiro atoms. The number of piperidine rings is 1. The Bertz CT molecular complexity index is 828. The Morgan fingerprint density at radius 1 is 1.07 bits per heavy atom. The first-order valence-electron chi connectivity index (χ1n) is 9.55. The molecule has 1 aliphatic rings. The van der Waals surface area contributed by atoms with Crippen LogP contribution in [-0.2, 0) is 4.74 Å². The summed E-state index contributed by atoms with van der Waals surface area (Å²) in [4.78, 5) is 26.5. The van der Waals surface area contributed by atoms with E-state index in [1.54, 1.807) is 29.2 Å². The maximum absolute atomic E-state index is 12.6. The summed E-state index contributed by atoms with van der Waals surface area (Å²) in [6, 6.07) is 14.8. The van der Waals surface area contributed by atoms with Gasteiger partial charge in [-0.1, -0.05) is 49.7 Å². The fraction of sp³-hybridized carbons (Fsp3) is 0.364. The van der Waals surface area contributed by atoms with Crippen LogP contribution in [0.25, 0.3) is 0 Å². The maximum Gasteiger partial charge on any atom is 0.411 e. The second-order valence-electron chi connectivity index (χ2n) is 7.28. The highest BCUT2D eigenvalue weighted by atomic mass is 35.5. The van der Waals surface area contributed by atoms with E-state index in [1.807, 2.05) is 24.3 Å². The standard InChI is InChI=1S/C22H25ClN2O3/c1-15(2)16-7-9-17(10-8-16)24-22(27)28-18-11-13-25(14-12-18)21(26)19-5-3-4-6-20(19)23/h3-10,15,18H,11-14H2,1-2H3,(H,24,27). The van der Waals surface area contributed by atoms with Gasteiger partial charge in [-0.3, -0.25) is 10.1 Å². The van der Waals surface area contributed by atoms with Crippen molar-refractivity contribution >= 4 is 29.3 Å². The highest BCUT2D eigenvalue weighted by molar-refractivity contribution is 6.33. The van der Waals surface area contributed by atoms with E-state index in [9.17, 15) is 9.59 Å². The molecule has 0 bridgehead atoms. The zero-order valence-corrected chi connectivity index (χ0v) is 16.9. The van der Waals surface area contributed by atoms with Crippen LogP contribution in [0.15, 0.2) is 48.5 Å². The predicted molar refractivity (Wildman–Crippen MR) is 111 cm³/mol. The van der Waals surface area contributed by atoms with E-state index in [0.717, 1.165) is 0 Å². The Morgan fingerprint density at radius 2 is 1.71 bits per heavy atom. The molecule has 0 atom stereocenters. The second-order valence-corrected chi connectivity index (χ2v) is 7.69. The summed E-state index contributed by atoms with van der Waals surface area (Å²) in [7, 11) is 0. The van der Waals surface area contributed by atoms with Crippen molar-refractivity contribution in [2.75, 3.05) is 18.4 Å². The molecule has 3 rings (SSSR count). The number of hydrogen-bond donors (Lipinski definition) is 1. The predicted octanol–water partition coefficient (Wildman–Crippen LogP) is 5.32. The van der Waals surface area contributed by atoms with Crippen molar-refractivity contribution in [3.05, 3.63) is 64.7 Å². The van der Waals surface area contributed by atoms with Crippen LogP contribution < -0.4 is 5.32 Å². The normalized spacial score (nSPS) is 14.8. The largest absolute Gasteiger partial charge is 0.446 e. The fourth-order valence-corrected chi connectivity index (χ4v) is 3.45. The van der Waals surface area contributed by atoms with Crippen LogP contribution in [0.1, 0.15) is 48.5 Å². The van der Waals surface area contributed by atoms with Crippen molar-refractivity contribution in [1.82, 2.24) is 4.90 Å². The third kappa shape index (κ3) is 5.04. The number of ether oxygens (including phenoxy) is 1. The summed E-state index contributed by atoms with van der Waals surface area (Å²) in [5, 5.41) is 3.22. The molecular formula is C22H25ClN2O3. The molecule has 2 aromatic carbocycles. The number of amides is 2. The van der Waals surface area contributed by atoms with Gasteiger partial charge in [-0.05, 0) is 35.7 Å². The molecule has 28 heavy (non-hydrogen) atoms. The first kappa shape index (κ1) is 20.2. The minimum Gasteiger partial charge on any atom is -0.446 e. The molecule has 0 aliphatic carbocycles. The van der Waals surface area contributed by atoms with Crippen LogP contribution in [0.3, 0.4) is 0 Å². The Labute approximate surface area is 170 Å². The Morgan fingerprint density at radius 3 is 2.32 bits per heavy atom. The lowest BCUT2D eigenvalue weighted by Gasteiger charge is -2.31. The highest BCUT2D eigenvalue weighted by Gasteiger charge is 2.26. The van der Waals surface area contributed by atoms with Gasteiger partial charge in [-0.15, -0.1) is 0 Å². The number of anilines is 1. The zero-order valence-electron chi connectivity index (χ0n) is 16.2. The monoisotopic (exact) mass is 400 g/mol. The summed E-state index contributed by atoms with van der Waals surface area (Å²) in [6.07, 6.45) is 0.546. The van der Waals surface area contributed by atoms with E-state index in [-0.39, 0.29) is 12.0 Å².